The van der Waals surface area contributed by atoms with Crippen molar-refractivity contribution in [1.29, 1.82) is 0 Å². The molecule has 1 aromatic carbocycles. The molecular weight excluding hydrogens is 331 g/mol. The van der Waals surface area contributed by atoms with Gasteiger partial charge in [-0.2, -0.15) is 5.10 Å². The summed E-state index contributed by atoms with van der Waals surface area (Å²) in [5, 5.41) is 5.43. The number of alkyl halides is 1. The summed E-state index contributed by atoms with van der Waals surface area (Å²) in [6.07, 6.45) is 2.60. The second-order valence-electron chi connectivity index (χ2n) is 4.79. The number of benzene rings is 1. The standard InChI is InChI=1S/C14H13Cl3N4/c1-20-5-3-9(19-20)8-21-13-7-11(17)10(16)6-12(13)18-14(21)2-4-15/h3,5-7H,2,4,8H2,1H3. The molecule has 110 valence electrons. The van der Waals surface area contributed by atoms with Crippen LogP contribution in [0.3, 0.4) is 0 Å². The van der Waals surface area contributed by atoms with Crippen molar-refractivity contribution in [2.45, 2.75) is 13.0 Å². The Morgan fingerprint density at radius 2 is 1.95 bits per heavy atom. The number of fused-ring (bicyclic) bond motifs is 1. The molecule has 4 nitrogen and oxygen atoms in total. The van der Waals surface area contributed by atoms with Crippen molar-refractivity contribution in [1.82, 2.24) is 19.3 Å². The number of halogens is 3. The van der Waals surface area contributed by atoms with E-state index in [-0.39, 0.29) is 0 Å². The largest absolute Gasteiger partial charge is 0.322 e. The summed E-state index contributed by atoms with van der Waals surface area (Å²) in [6, 6.07) is 5.60. The lowest BCUT2D eigenvalue weighted by Gasteiger charge is -2.07. The lowest BCUT2D eigenvalue weighted by atomic mass is 10.3. The summed E-state index contributed by atoms with van der Waals surface area (Å²) >= 11 is 18.1. The van der Waals surface area contributed by atoms with E-state index in [1.807, 2.05) is 25.4 Å². The Kier molecular flexibility index (Phi) is 4.11. The number of rotatable bonds is 4. The number of imidazole rings is 1. The minimum Gasteiger partial charge on any atom is -0.322 e. The molecule has 0 fully saturated rings. The zero-order valence-electron chi connectivity index (χ0n) is 11.4. The van der Waals surface area contributed by atoms with Gasteiger partial charge in [0.2, 0.25) is 0 Å². The first-order valence-corrected chi connectivity index (χ1v) is 7.76. The van der Waals surface area contributed by atoms with Crippen LogP contribution in [0.15, 0.2) is 24.4 Å². The summed E-state index contributed by atoms with van der Waals surface area (Å²) in [6.45, 7) is 0.627. The summed E-state index contributed by atoms with van der Waals surface area (Å²) in [4.78, 5) is 4.61. The average molecular weight is 344 g/mol. The van der Waals surface area contributed by atoms with E-state index in [0.717, 1.165) is 22.6 Å². The fourth-order valence-corrected chi connectivity index (χ4v) is 2.82. The van der Waals surface area contributed by atoms with Gasteiger partial charge in [0.05, 0.1) is 33.3 Å². The smallest absolute Gasteiger partial charge is 0.111 e. The van der Waals surface area contributed by atoms with Crippen molar-refractivity contribution < 1.29 is 0 Å². The number of hydrogen-bond donors (Lipinski definition) is 0. The predicted molar refractivity (Wildman–Crippen MR) is 86.5 cm³/mol. The third kappa shape index (κ3) is 2.89. The molecule has 0 N–H and O–H groups in total. The van der Waals surface area contributed by atoms with Gasteiger partial charge in [-0.25, -0.2) is 4.98 Å². The second-order valence-corrected chi connectivity index (χ2v) is 5.98. The van der Waals surface area contributed by atoms with Crippen molar-refractivity contribution in [3.63, 3.8) is 0 Å². The lowest BCUT2D eigenvalue weighted by molar-refractivity contribution is 0.694. The van der Waals surface area contributed by atoms with Gasteiger partial charge in [0.1, 0.15) is 5.82 Å². The highest BCUT2D eigenvalue weighted by Crippen LogP contribution is 2.29. The topological polar surface area (TPSA) is 35.6 Å². The molecule has 0 unspecified atom stereocenters. The van der Waals surface area contributed by atoms with E-state index in [4.69, 9.17) is 34.8 Å². The van der Waals surface area contributed by atoms with E-state index in [1.165, 1.54) is 0 Å². The van der Waals surface area contributed by atoms with Crippen molar-refractivity contribution in [3.8, 4) is 0 Å². The molecule has 2 heterocycles. The van der Waals surface area contributed by atoms with Gasteiger partial charge < -0.3 is 4.57 Å². The van der Waals surface area contributed by atoms with Crippen LogP contribution < -0.4 is 0 Å². The van der Waals surface area contributed by atoms with E-state index >= 15 is 0 Å². The molecule has 21 heavy (non-hydrogen) atoms. The monoisotopic (exact) mass is 342 g/mol. The van der Waals surface area contributed by atoms with Crippen LogP contribution >= 0.6 is 34.8 Å². The second kappa shape index (κ2) is 5.87. The Hall–Kier alpha value is -1.23. The summed E-state index contributed by atoms with van der Waals surface area (Å²) in [7, 11) is 1.89. The third-order valence-electron chi connectivity index (χ3n) is 3.28. The number of aryl methyl sites for hydroxylation is 2. The first-order chi connectivity index (χ1) is 10.1. The van der Waals surface area contributed by atoms with Crippen LogP contribution in [0.5, 0.6) is 0 Å². The van der Waals surface area contributed by atoms with Gasteiger partial charge >= 0.3 is 0 Å². The predicted octanol–water partition coefficient (Wildman–Crippen LogP) is 3.91. The maximum atomic E-state index is 6.13. The molecule has 0 amide bonds. The van der Waals surface area contributed by atoms with Gasteiger partial charge in [0.15, 0.2) is 0 Å². The van der Waals surface area contributed by atoms with Crippen molar-refractivity contribution in [2.24, 2.45) is 7.05 Å². The SMILES string of the molecule is Cn1ccc(Cn2c(CCCl)nc3cc(Cl)c(Cl)cc32)n1. The van der Waals surface area contributed by atoms with Crippen LogP contribution in [0.4, 0.5) is 0 Å². The van der Waals surface area contributed by atoms with Gasteiger partial charge in [-0.05, 0) is 18.2 Å². The van der Waals surface area contributed by atoms with Gasteiger partial charge in [-0.3, -0.25) is 4.68 Å². The van der Waals surface area contributed by atoms with Crippen molar-refractivity contribution in [3.05, 3.63) is 46.0 Å². The van der Waals surface area contributed by atoms with Crippen LogP contribution in [-0.2, 0) is 20.0 Å². The Bertz CT molecular complexity index is 791. The van der Waals surface area contributed by atoms with Gasteiger partial charge in [-0.1, -0.05) is 23.2 Å². The molecular formula is C14H13Cl3N4. The molecule has 3 aromatic rings. The normalized spacial score (nSPS) is 11.4. The highest BCUT2D eigenvalue weighted by Gasteiger charge is 2.14. The highest BCUT2D eigenvalue weighted by atomic mass is 35.5. The molecule has 2 aromatic heterocycles. The molecule has 0 saturated heterocycles. The molecule has 0 bridgehead atoms. The van der Waals surface area contributed by atoms with Crippen LogP contribution in [-0.4, -0.2) is 25.2 Å². The minimum absolute atomic E-state index is 0.504. The number of nitrogens with zero attached hydrogens (tertiary/aromatic N) is 4. The summed E-state index contributed by atoms with van der Waals surface area (Å²) in [5.41, 5.74) is 2.72. The first kappa shape index (κ1) is 14.7. The van der Waals surface area contributed by atoms with Crippen LogP contribution in [0.25, 0.3) is 11.0 Å². The molecule has 3 rings (SSSR count). The lowest BCUT2D eigenvalue weighted by Crippen LogP contribution is -2.07. The third-order valence-corrected chi connectivity index (χ3v) is 4.19. The zero-order chi connectivity index (χ0) is 15.0. The molecule has 0 atom stereocenters. The molecule has 0 aliphatic carbocycles. The summed E-state index contributed by atoms with van der Waals surface area (Å²) in [5.74, 6) is 1.41. The van der Waals surface area contributed by atoms with Gasteiger partial charge in [0.25, 0.3) is 0 Å². The van der Waals surface area contributed by atoms with Gasteiger partial charge in [-0.15, -0.1) is 11.6 Å². The summed E-state index contributed by atoms with van der Waals surface area (Å²) < 4.78 is 3.86. The molecule has 0 aliphatic rings. The van der Waals surface area contributed by atoms with Crippen LogP contribution in [0.1, 0.15) is 11.5 Å². The highest BCUT2D eigenvalue weighted by molar-refractivity contribution is 6.42. The molecule has 0 spiro atoms. The Morgan fingerprint density at radius 3 is 2.62 bits per heavy atom. The van der Waals surface area contributed by atoms with Crippen LogP contribution in [0.2, 0.25) is 10.0 Å². The quantitative estimate of drug-likeness (QED) is 0.673. The molecule has 0 saturated carbocycles. The van der Waals surface area contributed by atoms with E-state index < -0.39 is 0 Å². The molecule has 7 heteroatoms. The fourth-order valence-electron chi connectivity index (χ4n) is 2.33. The van der Waals surface area contributed by atoms with Crippen molar-refractivity contribution >= 4 is 45.8 Å². The van der Waals surface area contributed by atoms with E-state index in [1.54, 1.807) is 10.7 Å². The number of hydrogen-bond acceptors (Lipinski definition) is 2. The fraction of sp³-hybridized carbons (Fsp3) is 0.286. The molecule has 0 aliphatic heterocycles. The molecule has 0 radical (unpaired) electrons. The van der Waals surface area contributed by atoms with Gasteiger partial charge in [0, 0.05) is 25.5 Å². The maximum absolute atomic E-state index is 6.13. The van der Waals surface area contributed by atoms with Crippen molar-refractivity contribution in [2.75, 3.05) is 5.88 Å². The van der Waals surface area contributed by atoms with E-state index in [2.05, 4.69) is 14.6 Å². The van der Waals surface area contributed by atoms with E-state index in [0.29, 0.717) is 28.9 Å². The average Bonchev–Trinajstić information content (AvgIpc) is 2.97. The maximum Gasteiger partial charge on any atom is 0.111 e. The first-order valence-electron chi connectivity index (χ1n) is 6.47. The Morgan fingerprint density at radius 1 is 1.19 bits per heavy atom. The Labute approximate surface area is 137 Å². The van der Waals surface area contributed by atoms with E-state index in [9.17, 15) is 0 Å². The van der Waals surface area contributed by atoms with Crippen LogP contribution in [0, 0.1) is 0 Å². The Balaban J connectivity index is 2.12. The minimum atomic E-state index is 0.504. The zero-order valence-corrected chi connectivity index (χ0v) is 13.6. The number of aromatic nitrogens is 4.